The van der Waals surface area contributed by atoms with E-state index < -0.39 is 5.41 Å². The Morgan fingerprint density at radius 1 is 1.14 bits per heavy atom. The molecule has 0 radical (unpaired) electrons. The summed E-state index contributed by atoms with van der Waals surface area (Å²) in [7, 11) is 3.49. The van der Waals surface area contributed by atoms with Gasteiger partial charge in [-0.1, -0.05) is 30.3 Å². The Morgan fingerprint density at radius 3 is 2.52 bits per heavy atom. The van der Waals surface area contributed by atoms with Crippen molar-refractivity contribution < 1.29 is 9.53 Å². The summed E-state index contributed by atoms with van der Waals surface area (Å²) in [5.41, 5.74) is 2.63. The van der Waals surface area contributed by atoms with E-state index in [2.05, 4.69) is 12.1 Å². The number of amides is 1. The Kier molecular flexibility index (Phi) is 3.20. The summed E-state index contributed by atoms with van der Waals surface area (Å²) in [5.74, 6) is 0.922. The third-order valence-electron chi connectivity index (χ3n) is 4.34. The van der Waals surface area contributed by atoms with Crippen LogP contribution in [0.15, 0.2) is 48.5 Å². The molecule has 0 fully saturated rings. The van der Waals surface area contributed by atoms with Crippen molar-refractivity contribution in [3.8, 4) is 5.75 Å². The van der Waals surface area contributed by atoms with Gasteiger partial charge in [-0.15, -0.1) is 0 Å². The first-order chi connectivity index (χ1) is 10.1. The standard InChI is InChI=1S/C18H19NO2/c1-18(12-13-7-5-4-6-8-13)15-11-14(21-3)9-10-16(15)19(2)17(18)20/h4-11H,12H2,1-3H3. The quantitative estimate of drug-likeness (QED) is 0.865. The van der Waals surface area contributed by atoms with Crippen molar-refractivity contribution in [2.24, 2.45) is 0 Å². The second kappa shape index (κ2) is 4.92. The molecule has 21 heavy (non-hydrogen) atoms. The van der Waals surface area contributed by atoms with Crippen LogP contribution in [0.2, 0.25) is 0 Å². The van der Waals surface area contributed by atoms with E-state index in [-0.39, 0.29) is 5.91 Å². The molecule has 1 amide bonds. The van der Waals surface area contributed by atoms with Crippen LogP contribution in [0.4, 0.5) is 5.69 Å². The lowest BCUT2D eigenvalue weighted by Gasteiger charge is -2.23. The van der Waals surface area contributed by atoms with Gasteiger partial charge in [-0.2, -0.15) is 0 Å². The minimum atomic E-state index is -0.542. The van der Waals surface area contributed by atoms with E-state index >= 15 is 0 Å². The number of hydrogen-bond donors (Lipinski definition) is 0. The third kappa shape index (κ3) is 2.09. The van der Waals surface area contributed by atoms with E-state index in [0.717, 1.165) is 22.6 Å². The fourth-order valence-electron chi connectivity index (χ4n) is 3.15. The molecule has 1 unspecified atom stereocenters. The summed E-state index contributed by atoms with van der Waals surface area (Å²) in [6, 6.07) is 16.0. The minimum absolute atomic E-state index is 0.134. The van der Waals surface area contributed by atoms with Crippen LogP contribution < -0.4 is 9.64 Å². The zero-order valence-electron chi connectivity index (χ0n) is 12.6. The van der Waals surface area contributed by atoms with Gasteiger partial charge in [-0.3, -0.25) is 4.79 Å². The Hall–Kier alpha value is -2.29. The molecule has 0 saturated heterocycles. The highest BCUT2D eigenvalue weighted by Crippen LogP contribution is 2.44. The second-order valence-corrected chi connectivity index (χ2v) is 5.74. The van der Waals surface area contributed by atoms with Crippen molar-refractivity contribution in [3.63, 3.8) is 0 Å². The molecule has 2 aromatic rings. The molecule has 0 N–H and O–H groups in total. The van der Waals surface area contributed by atoms with Crippen molar-refractivity contribution in [1.82, 2.24) is 0 Å². The van der Waals surface area contributed by atoms with Gasteiger partial charge in [0.05, 0.1) is 12.5 Å². The Morgan fingerprint density at radius 2 is 1.86 bits per heavy atom. The molecule has 3 rings (SSSR count). The van der Waals surface area contributed by atoms with Crippen LogP contribution in [0.3, 0.4) is 0 Å². The van der Waals surface area contributed by atoms with Crippen molar-refractivity contribution >= 4 is 11.6 Å². The Labute approximate surface area is 125 Å². The number of likely N-dealkylation sites (N-methyl/N-ethyl adjacent to an activating group) is 1. The van der Waals surface area contributed by atoms with Gasteiger partial charge in [-0.05, 0) is 42.7 Å². The first kappa shape index (κ1) is 13.7. The summed E-state index contributed by atoms with van der Waals surface area (Å²) in [5, 5.41) is 0. The molecule has 3 nitrogen and oxygen atoms in total. The van der Waals surface area contributed by atoms with Crippen LogP contribution in [0.25, 0.3) is 0 Å². The number of anilines is 1. The lowest BCUT2D eigenvalue weighted by molar-refractivity contribution is -0.122. The molecule has 0 bridgehead atoms. The van der Waals surface area contributed by atoms with Gasteiger partial charge < -0.3 is 9.64 Å². The van der Waals surface area contributed by atoms with Crippen LogP contribution in [-0.2, 0) is 16.6 Å². The van der Waals surface area contributed by atoms with Gasteiger partial charge in [-0.25, -0.2) is 0 Å². The smallest absolute Gasteiger partial charge is 0.237 e. The first-order valence-corrected chi connectivity index (χ1v) is 7.07. The number of ether oxygens (including phenoxy) is 1. The second-order valence-electron chi connectivity index (χ2n) is 5.74. The number of carbonyl (C=O) groups excluding carboxylic acids is 1. The predicted molar refractivity (Wildman–Crippen MR) is 83.9 cm³/mol. The highest BCUT2D eigenvalue weighted by molar-refractivity contribution is 6.07. The molecule has 0 saturated carbocycles. The Bertz CT molecular complexity index is 681. The van der Waals surface area contributed by atoms with Crippen molar-refractivity contribution in [3.05, 3.63) is 59.7 Å². The molecule has 2 aromatic carbocycles. The van der Waals surface area contributed by atoms with Crippen molar-refractivity contribution in [2.45, 2.75) is 18.8 Å². The molecule has 1 aliphatic heterocycles. The number of fused-ring (bicyclic) bond motifs is 1. The molecule has 1 aliphatic rings. The molecular formula is C18H19NO2. The first-order valence-electron chi connectivity index (χ1n) is 7.07. The number of rotatable bonds is 3. The summed E-state index contributed by atoms with van der Waals surface area (Å²) in [6.45, 7) is 2.02. The lowest BCUT2D eigenvalue weighted by atomic mass is 9.78. The molecule has 1 atom stereocenters. The summed E-state index contributed by atoms with van der Waals surface area (Å²) < 4.78 is 5.32. The monoisotopic (exact) mass is 281 g/mol. The van der Waals surface area contributed by atoms with Crippen LogP contribution >= 0.6 is 0 Å². The fourth-order valence-corrected chi connectivity index (χ4v) is 3.15. The third-order valence-corrected chi connectivity index (χ3v) is 4.34. The maximum absolute atomic E-state index is 12.8. The largest absolute Gasteiger partial charge is 0.497 e. The summed E-state index contributed by atoms with van der Waals surface area (Å²) in [6.07, 6.45) is 0.692. The van der Waals surface area contributed by atoms with E-state index in [9.17, 15) is 4.79 Å². The number of carbonyl (C=O) groups is 1. The predicted octanol–water partition coefficient (Wildman–Crippen LogP) is 3.17. The van der Waals surface area contributed by atoms with Gasteiger partial charge >= 0.3 is 0 Å². The van der Waals surface area contributed by atoms with Gasteiger partial charge in [0.25, 0.3) is 0 Å². The Balaban J connectivity index is 2.08. The van der Waals surface area contributed by atoms with Gasteiger partial charge in [0, 0.05) is 12.7 Å². The molecular weight excluding hydrogens is 262 g/mol. The highest BCUT2D eigenvalue weighted by Gasteiger charge is 2.46. The average Bonchev–Trinajstić information content (AvgIpc) is 2.70. The van der Waals surface area contributed by atoms with E-state index in [1.165, 1.54) is 0 Å². The van der Waals surface area contributed by atoms with Crippen molar-refractivity contribution in [1.29, 1.82) is 0 Å². The summed E-state index contributed by atoms with van der Waals surface area (Å²) in [4.78, 5) is 14.5. The number of hydrogen-bond acceptors (Lipinski definition) is 2. The SMILES string of the molecule is COc1ccc2c(c1)C(C)(Cc1ccccc1)C(=O)N2C. The fraction of sp³-hybridized carbons (Fsp3) is 0.278. The number of methoxy groups -OCH3 is 1. The molecule has 0 aliphatic carbocycles. The van der Waals surface area contributed by atoms with E-state index in [0.29, 0.717) is 6.42 Å². The zero-order valence-corrected chi connectivity index (χ0v) is 12.6. The van der Waals surface area contributed by atoms with Crippen LogP contribution in [0, 0.1) is 0 Å². The van der Waals surface area contributed by atoms with E-state index in [4.69, 9.17) is 4.74 Å². The minimum Gasteiger partial charge on any atom is -0.497 e. The molecule has 0 spiro atoms. The normalized spacial score (nSPS) is 20.5. The van der Waals surface area contributed by atoms with Crippen LogP contribution in [0.5, 0.6) is 5.75 Å². The summed E-state index contributed by atoms with van der Waals surface area (Å²) >= 11 is 0. The lowest BCUT2D eigenvalue weighted by Crippen LogP contribution is -2.37. The van der Waals surface area contributed by atoms with E-state index in [1.54, 1.807) is 12.0 Å². The number of benzene rings is 2. The molecule has 108 valence electrons. The topological polar surface area (TPSA) is 29.5 Å². The van der Waals surface area contributed by atoms with Gasteiger partial charge in [0.15, 0.2) is 0 Å². The maximum atomic E-state index is 12.8. The van der Waals surface area contributed by atoms with Gasteiger partial charge in [0.1, 0.15) is 5.75 Å². The highest BCUT2D eigenvalue weighted by atomic mass is 16.5. The van der Waals surface area contributed by atoms with E-state index in [1.807, 2.05) is 50.4 Å². The maximum Gasteiger partial charge on any atom is 0.237 e. The average molecular weight is 281 g/mol. The van der Waals surface area contributed by atoms with Crippen molar-refractivity contribution in [2.75, 3.05) is 19.1 Å². The van der Waals surface area contributed by atoms with Crippen LogP contribution in [-0.4, -0.2) is 20.1 Å². The van der Waals surface area contributed by atoms with Crippen LogP contribution in [0.1, 0.15) is 18.1 Å². The number of nitrogens with zero attached hydrogens (tertiary/aromatic N) is 1. The molecule has 0 aromatic heterocycles. The molecule has 1 heterocycles. The van der Waals surface area contributed by atoms with Gasteiger partial charge in [0.2, 0.25) is 5.91 Å². The molecule has 3 heteroatoms. The zero-order chi connectivity index (χ0) is 15.0.